The molecule has 0 aliphatic heterocycles. The Morgan fingerprint density at radius 2 is 1.85 bits per heavy atom. The van der Waals surface area contributed by atoms with Gasteiger partial charge in [-0.3, -0.25) is 4.79 Å². The molecule has 1 aromatic carbocycles. The van der Waals surface area contributed by atoms with Crippen LogP contribution in [0.1, 0.15) is 37.7 Å². The highest BCUT2D eigenvalue weighted by atomic mass is 16.4. The Kier molecular flexibility index (Phi) is 3.26. The number of nitrogens with zero attached hydrogens (tertiary/aromatic N) is 3. The van der Waals surface area contributed by atoms with Crippen molar-refractivity contribution in [3.63, 3.8) is 0 Å². The molecule has 1 aliphatic carbocycles. The predicted molar refractivity (Wildman–Crippen MR) is 73.8 cm³/mol. The summed E-state index contributed by atoms with van der Waals surface area (Å²) >= 11 is 0. The molecule has 0 unspecified atom stereocenters. The van der Waals surface area contributed by atoms with E-state index in [0.29, 0.717) is 0 Å². The normalized spacial score (nSPS) is 17.8. The summed E-state index contributed by atoms with van der Waals surface area (Å²) in [4.78, 5) is 15.7. The second-order valence-electron chi connectivity index (χ2n) is 5.33. The highest BCUT2D eigenvalue weighted by Gasteiger charge is 2.41. The minimum absolute atomic E-state index is 0.703. The van der Waals surface area contributed by atoms with Crippen LogP contribution in [-0.4, -0.2) is 25.8 Å². The summed E-state index contributed by atoms with van der Waals surface area (Å²) in [6, 6.07) is 7.64. The number of carboxylic acids is 1. The van der Waals surface area contributed by atoms with Crippen LogP contribution in [0.25, 0.3) is 5.69 Å². The van der Waals surface area contributed by atoms with Crippen LogP contribution in [0.4, 0.5) is 0 Å². The van der Waals surface area contributed by atoms with Gasteiger partial charge in [-0.2, -0.15) is 5.10 Å². The van der Waals surface area contributed by atoms with Crippen LogP contribution in [0.15, 0.2) is 36.9 Å². The molecule has 1 aromatic heterocycles. The maximum absolute atomic E-state index is 11.8. The molecule has 1 fully saturated rings. The number of benzene rings is 1. The van der Waals surface area contributed by atoms with E-state index in [4.69, 9.17) is 0 Å². The van der Waals surface area contributed by atoms with E-state index in [2.05, 4.69) is 10.1 Å². The zero-order valence-corrected chi connectivity index (χ0v) is 11.2. The van der Waals surface area contributed by atoms with Crippen molar-refractivity contribution in [2.24, 2.45) is 0 Å². The van der Waals surface area contributed by atoms with E-state index in [9.17, 15) is 9.90 Å². The van der Waals surface area contributed by atoms with Gasteiger partial charge in [-0.1, -0.05) is 31.4 Å². The second-order valence-corrected chi connectivity index (χ2v) is 5.33. The van der Waals surface area contributed by atoms with E-state index in [-0.39, 0.29) is 0 Å². The van der Waals surface area contributed by atoms with Crippen LogP contribution in [0.3, 0.4) is 0 Å². The van der Waals surface area contributed by atoms with Crippen molar-refractivity contribution < 1.29 is 9.90 Å². The Morgan fingerprint density at radius 3 is 2.40 bits per heavy atom. The lowest BCUT2D eigenvalue weighted by molar-refractivity contribution is -0.145. The van der Waals surface area contributed by atoms with Gasteiger partial charge in [0, 0.05) is 0 Å². The minimum Gasteiger partial charge on any atom is -0.481 e. The number of aromatic nitrogens is 3. The highest BCUT2D eigenvalue weighted by Crippen LogP contribution is 2.39. The van der Waals surface area contributed by atoms with Crippen molar-refractivity contribution in [2.75, 3.05) is 0 Å². The molecule has 20 heavy (non-hydrogen) atoms. The van der Waals surface area contributed by atoms with Gasteiger partial charge < -0.3 is 5.11 Å². The fourth-order valence-electron chi connectivity index (χ4n) is 3.06. The predicted octanol–water partition coefficient (Wildman–Crippen LogP) is 2.55. The number of carbonyl (C=O) groups is 1. The molecule has 5 heteroatoms. The van der Waals surface area contributed by atoms with Gasteiger partial charge >= 0.3 is 5.97 Å². The lowest BCUT2D eigenvalue weighted by atomic mass is 9.69. The zero-order valence-electron chi connectivity index (χ0n) is 11.2. The lowest BCUT2D eigenvalue weighted by Gasteiger charge is -2.33. The third-order valence-electron chi connectivity index (χ3n) is 4.22. The Labute approximate surface area is 117 Å². The van der Waals surface area contributed by atoms with Gasteiger partial charge in [-0.25, -0.2) is 9.67 Å². The fourth-order valence-corrected chi connectivity index (χ4v) is 3.06. The van der Waals surface area contributed by atoms with E-state index >= 15 is 0 Å². The van der Waals surface area contributed by atoms with E-state index in [0.717, 1.165) is 43.4 Å². The molecule has 0 radical (unpaired) electrons. The first-order chi connectivity index (χ1) is 9.72. The van der Waals surface area contributed by atoms with Gasteiger partial charge in [-0.15, -0.1) is 0 Å². The lowest BCUT2D eigenvalue weighted by Crippen LogP contribution is -2.37. The summed E-state index contributed by atoms with van der Waals surface area (Å²) in [6.07, 6.45) is 7.66. The van der Waals surface area contributed by atoms with Crippen LogP contribution in [0.2, 0.25) is 0 Å². The largest absolute Gasteiger partial charge is 0.481 e. The third kappa shape index (κ3) is 2.09. The van der Waals surface area contributed by atoms with E-state index in [1.54, 1.807) is 11.0 Å². The van der Waals surface area contributed by atoms with Crippen LogP contribution < -0.4 is 0 Å². The molecule has 2 aromatic rings. The molecule has 0 bridgehead atoms. The summed E-state index contributed by atoms with van der Waals surface area (Å²) in [6.45, 7) is 0. The van der Waals surface area contributed by atoms with Gasteiger partial charge in [0.1, 0.15) is 12.7 Å². The molecular weight excluding hydrogens is 254 g/mol. The van der Waals surface area contributed by atoms with E-state index in [1.807, 2.05) is 24.3 Å². The number of hydrogen-bond acceptors (Lipinski definition) is 3. The molecule has 0 atom stereocenters. The van der Waals surface area contributed by atoms with Crippen LogP contribution in [0.5, 0.6) is 0 Å². The SMILES string of the molecule is O=C(O)C1(c2ccc(-n3cncn3)cc2)CCCCC1. The maximum atomic E-state index is 11.8. The second kappa shape index (κ2) is 5.07. The molecule has 3 rings (SSSR count). The molecule has 0 spiro atoms. The Morgan fingerprint density at radius 1 is 1.15 bits per heavy atom. The zero-order chi connectivity index (χ0) is 14.0. The Bertz CT molecular complexity index is 584. The van der Waals surface area contributed by atoms with Gasteiger partial charge in [0.05, 0.1) is 11.1 Å². The first kappa shape index (κ1) is 12.8. The molecule has 5 nitrogen and oxygen atoms in total. The van der Waals surface area contributed by atoms with Gasteiger partial charge in [0.15, 0.2) is 0 Å². The molecule has 1 aliphatic rings. The smallest absolute Gasteiger partial charge is 0.314 e. The quantitative estimate of drug-likeness (QED) is 0.931. The summed E-state index contributed by atoms with van der Waals surface area (Å²) in [7, 11) is 0. The van der Waals surface area contributed by atoms with Crippen molar-refractivity contribution in [3.8, 4) is 5.69 Å². The van der Waals surface area contributed by atoms with Crippen LogP contribution in [-0.2, 0) is 10.2 Å². The van der Waals surface area contributed by atoms with Crippen molar-refractivity contribution in [1.29, 1.82) is 0 Å². The standard InChI is InChI=1S/C15H17N3O2/c19-14(20)15(8-2-1-3-9-15)12-4-6-13(7-5-12)18-11-16-10-17-18/h4-7,10-11H,1-3,8-9H2,(H,19,20). The molecule has 0 amide bonds. The minimum atomic E-state index is -0.709. The monoisotopic (exact) mass is 271 g/mol. The van der Waals surface area contributed by atoms with Crippen molar-refractivity contribution in [3.05, 3.63) is 42.5 Å². The summed E-state index contributed by atoms with van der Waals surface area (Å²) in [5, 5.41) is 13.7. The number of aliphatic carboxylic acids is 1. The summed E-state index contributed by atoms with van der Waals surface area (Å²) in [5.74, 6) is -0.703. The average molecular weight is 271 g/mol. The summed E-state index contributed by atoms with van der Waals surface area (Å²) < 4.78 is 1.66. The van der Waals surface area contributed by atoms with Crippen LogP contribution in [0, 0.1) is 0 Å². The maximum Gasteiger partial charge on any atom is 0.314 e. The molecule has 1 saturated carbocycles. The van der Waals surface area contributed by atoms with Crippen molar-refractivity contribution in [1.82, 2.24) is 14.8 Å². The first-order valence-electron chi connectivity index (χ1n) is 6.91. The molecule has 1 N–H and O–H groups in total. The van der Waals surface area contributed by atoms with Gasteiger partial charge in [0.2, 0.25) is 0 Å². The Balaban J connectivity index is 1.94. The number of carboxylic acid groups (broad SMARTS) is 1. The molecule has 1 heterocycles. The average Bonchev–Trinajstić information content (AvgIpc) is 3.02. The highest BCUT2D eigenvalue weighted by molar-refractivity contribution is 5.81. The molecular formula is C15H17N3O2. The third-order valence-corrected chi connectivity index (χ3v) is 4.22. The van der Waals surface area contributed by atoms with E-state index in [1.165, 1.54) is 6.33 Å². The Hall–Kier alpha value is -2.17. The van der Waals surface area contributed by atoms with Crippen LogP contribution >= 0.6 is 0 Å². The first-order valence-corrected chi connectivity index (χ1v) is 6.91. The molecule has 0 saturated heterocycles. The summed E-state index contributed by atoms with van der Waals surface area (Å²) in [5.41, 5.74) is 1.08. The van der Waals surface area contributed by atoms with E-state index < -0.39 is 11.4 Å². The topological polar surface area (TPSA) is 68.0 Å². The fraction of sp³-hybridized carbons (Fsp3) is 0.400. The van der Waals surface area contributed by atoms with Gasteiger partial charge in [-0.05, 0) is 30.5 Å². The van der Waals surface area contributed by atoms with Crippen molar-refractivity contribution >= 4 is 5.97 Å². The number of hydrogen-bond donors (Lipinski definition) is 1. The number of rotatable bonds is 3. The van der Waals surface area contributed by atoms with Gasteiger partial charge in [0.25, 0.3) is 0 Å². The van der Waals surface area contributed by atoms with Crippen molar-refractivity contribution in [2.45, 2.75) is 37.5 Å². The molecule has 104 valence electrons.